The van der Waals surface area contributed by atoms with Crippen molar-refractivity contribution >= 4 is 17.0 Å². The highest BCUT2D eigenvalue weighted by molar-refractivity contribution is 5.79. The van der Waals surface area contributed by atoms with Gasteiger partial charge in [0, 0.05) is 18.9 Å². The number of alkyl halides is 3. The first-order chi connectivity index (χ1) is 17.9. The largest absolute Gasteiger partial charge is 0.573 e. The zero-order valence-electron chi connectivity index (χ0n) is 22.9. The highest BCUT2D eigenvalue weighted by Gasteiger charge is 2.31. The number of aromatic nitrogens is 2. The van der Waals surface area contributed by atoms with Crippen LogP contribution in [0.5, 0.6) is 11.5 Å². The molecule has 3 aromatic rings. The summed E-state index contributed by atoms with van der Waals surface area (Å²) < 4.78 is 45.8. The second-order valence-corrected chi connectivity index (χ2v) is 9.85. The number of carboxylic acid groups (broad SMARTS) is 1. The summed E-state index contributed by atoms with van der Waals surface area (Å²) in [6.45, 7) is 8.76. The van der Waals surface area contributed by atoms with Gasteiger partial charge in [0.05, 0.1) is 18.1 Å². The number of methoxy groups -OCH3 is 1. The number of hydrogen-bond acceptors (Lipinski definition) is 4. The molecule has 1 aliphatic rings. The summed E-state index contributed by atoms with van der Waals surface area (Å²) in [5.74, 6) is -0.00329. The van der Waals surface area contributed by atoms with Crippen LogP contribution in [0.1, 0.15) is 83.2 Å². The third kappa shape index (κ3) is 10.3. The van der Waals surface area contributed by atoms with Gasteiger partial charge in [0.25, 0.3) is 0 Å². The summed E-state index contributed by atoms with van der Waals surface area (Å²) in [4.78, 5) is 18.4. The Hall–Kier alpha value is -3.23. The van der Waals surface area contributed by atoms with Crippen LogP contribution in [0.3, 0.4) is 0 Å². The summed E-state index contributed by atoms with van der Waals surface area (Å²) in [5.41, 5.74) is 3.57. The Bertz CT molecular complexity index is 1150. The van der Waals surface area contributed by atoms with Gasteiger partial charge in [-0.2, -0.15) is 0 Å². The van der Waals surface area contributed by atoms with E-state index in [0.717, 1.165) is 16.6 Å². The Morgan fingerprint density at radius 1 is 1.08 bits per heavy atom. The molecule has 0 radical (unpaired) electrons. The molecule has 1 fully saturated rings. The van der Waals surface area contributed by atoms with E-state index >= 15 is 0 Å². The standard InChI is InChI=1S/C19H17F3N2O4.C8H16.C2H6/c1-27-16-10-15-14(9-12(16)4-7-18(25)26)23-17(24-15)8-11-2-5-13(6-3-11)28-19(20,21)22;1-8(2)6-4-3-5-7-8;1-2/h2-3,5-6,9-10H,4,7-8H2,1H3,(H,23,24)(H,25,26);3-7H2,1-2H3;1-2H3. The molecule has 0 spiro atoms. The number of fused-ring (bicyclic) bond motifs is 1. The van der Waals surface area contributed by atoms with Crippen LogP contribution in [0.2, 0.25) is 0 Å². The van der Waals surface area contributed by atoms with E-state index in [0.29, 0.717) is 35.3 Å². The van der Waals surface area contributed by atoms with Crippen LogP contribution in [-0.4, -0.2) is 34.5 Å². The van der Waals surface area contributed by atoms with Crippen molar-refractivity contribution in [2.75, 3.05) is 7.11 Å². The van der Waals surface area contributed by atoms with E-state index in [1.165, 1.54) is 63.5 Å². The number of hydrogen-bond donors (Lipinski definition) is 2. The predicted molar refractivity (Wildman–Crippen MR) is 143 cm³/mol. The molecular formula is C29H39F3N2O4. The molecule has 4 rings (SSSR count). The Labute approximate surface area is 222 Å². The number of H-pyrrole nitrogens is 1. The van der Waals surface area contributed by atoms with Gasteiger partial charge in [0.1, 0.15) is 17.3 Å². The maximum Gasteiger partial charge on any atom is 0.573 e. The monoisotopic (exact) mass is 536 g/mol. The minimum atomic E-state index is -4.72. The van der Waals surface area contributed by atoms with Crippen LogP contribution in [0, 0.1) is 5.41 Å². The van der Waals surface area contributed by atoms with Crippen LogP contribution in [0.15, 0.2) is 36.4 Å². The van der Waals surface area contributed by atoms with Gasteiger partial charge >= 0.3 is 12.3 Å². The lowest BCUT2D eigenvalue weighted by molar-refractivity contribution is -0.274. The minimum Gasteiger partial charge on any atom is -0.496 e. The number of ether oxygens (including phenoxy) is 2. The lowest BCUT2D eigenvalue weighted by Crippen LogP contribution is -2.17. The van der Waals surface area contributed by atoms with Crippen LogP contribution in [0.4, 0.5) is 13.2 Å². The van der Waals surface area contributed by atoms with Gasteiger partial charge < -0.3 is 19.6 Å². The van der Waals surface area contributed by atoms with E-state index in [4.69, 9.17) is 9.84 Å². The van der Waals surface area contributed by atoms with Gasteiger partial charge in [-0.25, -0.2) is 4.98 Å². The Kier molecular flexibility index (Phi) is 11.5. The number of rotatable bonds is 7. The van der Waals surface area contributed by atoms with E-state index in [1.54, 1.807) is 12.1 Å². The zero-order chi connectivity index (χ0) is 28.3. The molecule has 0 aliphatic heterocycles. The zero-order valence-corrected chi connectivity index (χ0v) is 22.9. The van der Waals surface area contributed by atoms with Crippen molar-refractivity contribution in [3.8, 4) is 11.5 Å². The number of carboxylic acids is 1. The SMILES string of the molecule is CC.CC1(C)CCCCC1.COc1cc2nc(Cc3ccc(OC(F)(F)F)cc3)[nH]c2cc1CCC(=O)O. The van der Waals surface area contributed by atoms with Crippen molar-refractivity contribution in [1.29, 1.82) is 0 Å². The van der Waals surface area contributed by atoms with Crippen LogP contribution < -0.4 is 9.47 Å². The molecule has 2 N–H and O–H groups in total. The van der Waals surface area contributed by atoms with Gasteiger partial charge in [0.2, 0.25) is 0 Å². The molecule has 0 bridgehead atoms. The van der Waals surface area contributed by atoms with E-state index in [-0.39, 0.29) is 12.2 Å². The van der Waals surface area contributed by atoms with Crippen molar-refractivity contribution in [2.45, 2.75) is 85.4 Å². The highest BCUT2D eigenvalue weighted by Crippen LogP contribution is 2.34. The molecule has 9 heteroatoms. The van der Waals surface area contributed by atoms with E-state index in [9.17, 15) is 18.0 Å². The Morgan fingerprint density at radius 2 is 1.71 bits per heavy atom. The first kappa shape index (κ1) is 31.0. The molecule has 0 atom stereocenters. The summed E-state index contributed by atoms with van der Waals surface area (Å²) >= 11 is 0. The van der Waals surface area contributed by atoms with E-state index in [1.807, 2.05) is 13.8 Å². The van der Waals surface area contributed by atoms with Crippen LogP contribution in [-0.2, 0) is 17.6 Å². The molecule has 1 aliphatic carbocycles. The van der Waals surface area contributed by atoms with Crippen molar-refractivity contribution in [2.24, 2.45) is 5.41 Å². The summed E-state index contributed by atoms with van der Waals surface area (Å²) in [6, 6.07) is 9.10. The van der Waals surface area contributed by atoms with Gasteiger partial charge in [-0.3, -0.25) is 4.79 Å². The molecule has 2 aromatic carbocycles. The van der Waals surface area contributed by atoms with Gasteiger partial charge in [0.15, 0.2) is 0 Å². The molecule has 6 nitrogen and oxygen atoms in total. The Morgan fingerprint density at radius 3 is 2.21 bits per heavy atom. The molecule has 38 heavy (non-hydrogen) atoms. The second kappa shape index (κ2) is 14.1. The summed E-state index contributed by atoms with van der Waals surface area (Å²) in [5, 5.41) is 8.87. The number of carbonyl (C=O) groups is 1. The molecule has 0 unspecified atom stereocenters. The number of imidazole rings is 1. The first-order valence-corrected chi connectivity index (χ1v) is 13.1. The number of benzene rings is 2. The van der Waals surface area contributed by atoms with Crippen molar-refractivity contribution in [1.82, 2.24) is 9.97 Å². The number of aliphatic carboxylic acids is 1. The molecular weight excluding hydrogens is 497 g/mol. The topological polar surface area (TPSA) is 84.4 Å². The van der Waals surface area contributed by atoms with Crippen LogP contribution in [0.25, 0.3) is 11.0 Å². The normalized spacial score (nSPS) is 14.5. The predicted octanol–water partition coefficient (Wildman–Crippen LogP) is 8.08. The molecule has 1 heterocycles. The van der Waals surface area contributed by atoms with E-state index < -0.39 is 12.3 Å². The summed E-state index contributed by atoms with van der Waals surface area (Å²) in [7, 11) is 1.50. The highest BCUT2D eigenvalue weighted by atomic mass is 19.4. The quantitative estimate of drug-likeness (QED) is 0.319. The fraction of sp³-hybridized carbons (Fsp3) is 0.517. The molecule has 0 amide bonds. The maximum atomic E-state index is 12.2. The van der Waals surface area contributed by atoms with Crippen LogP contribution >= 0.6 is 0 Å². The van der Waals surface area contributed by atoms with Gasteiger partial charge in [-0.15, -0.1) is 13.2 Å². The van der Waals surface area contributed by atoms with E-state index in [2.05, 4.69) is 28.6 Å². The molecule has 0 saturated heterocycles. The third-order valence-electron chi connectivity index (χ3n) is 6.28. The smallest absolute Gasteiger partial charge is 0.496 e. The fourth-order valence-corrected chi connectivity index (χ4v) is 4.36. The minimum absolute atomic E-state index is 0.0186. The van der Waals surface area contributed by atoms with Crippen molar-refractivity contribution in [3.63, 3.8) is 0 Å². The van der Waals surface area contributed by atoms with Crippen molar-refractivity contribution < 1.29 is 32.5 Å². The lowest BCUT2D eigenvalue weighted by atomic mass is 9.78. The number of nitrogens with one attached hydrogen (secondary N) is 1. The number of aryl methyl sites for hydroxylation is 1. The fourth-order valence-electron chi connectivity index (χ4n) is 4.36. The second-order valence-electron chi connectivity index (χ2n) is 9.85. The third-order valence-corrected chi connectivity index (χ3v) is 6.28. The number of nitrogens with zero attached hydrogens (tertiary/aromatic N) is 1. The average molecular weight is 537 g/mol. The van der Waals surface area contributed by atoms with Crippen molar-refractivity contribution in [3.05, 3.63) is 53.3 Å². The molecule has 1 aromatic heterocycles. The average Bonchev–Trinajstić information content (AvgIpc) is 3.25. The van der Waals surface area contributed by atoms with Gasteiger partial charge in [-0.05, 0) is 54.0 Å². The molecule has 210 valence electrons. The molecule has 1 saturated carbocycles. The number of aromatic amines is 1. The maximum absolute atomic E-state index is 12.2. The summed E-state index contributed by atoms with van der Waals surface area (Å²) in [6.07, 6.45) is 3.27. The lowest BCUT2D eigenvalue weighted by Gasteiger charge is -2.28. The Balaban J connectivity index is 0.000000428. The first-order valence-electron chi connectivity index (χ1n) is 13.1. The number of halogens is 3. The van der Waals surface area contributed by atoms with Gasteiger partial charge in [-0.1, -0.05) is 59.1 Å².